The molecule has 0 saturated carbocycles. The standard InChI is InChI=1S/C10H13NO/c1-3-9(4-2)11-8-10-6-5-7-12-10/h1,5-7,9,11H,4,8H2,2H3. The summed E-state index contributed by atoms with van der Waals surface area (Å²) in [6.45, 7) is 2.76. The second kappa shape index (κ2) is 4.63. The first-order valence-corrected chi connectivity index (χ1v) is 4.08. The molecule has 0 radical (unpaired) electrons. The van der Waals surface area contributed by atoms with Gasteiger partial charge in [-0.15, -0.1) is 6.42 Å². The Morgan fingerprint density at radius 1 is 1.75 bits per heavy atom. The zero-order valence-corrected chi connectivity index (χ0v) is 7.21. The van der Waals surface area contributed by atoms with Crippen LogP contribution in [0.15, 0.2) is 22.8 Å². The monoisotopic (exact) mass is 163 g/mol. The lowest BCUT2D eigenvalue weighted by molar-refractivity contribution is 0.467. The summed E-state index contributed by atoms with van der Waals surface area (Å²) in [6.07, 6.45) is 7.88. The van der Waals surface area contributed by atoms with E-state index in [9.17, 15) is 0 Å². The van der Waals surface area contributed by atoms with Crippen LogP contribution in [0.1, 0.15) is 19.1 Å². The van der Waals surface area contributed by atoms with Crippen LogP contribution in [0, 0.1) is 12.3 Å². The van der Waals surface area contributed by atoms with Crippen LogP contribution in [0.2, 0.25) is 0 Å². The lowest BCUT2D eigenvalue weighted by Gasteiger charge is -2.07. The molecular weight excluding hydrogens is 150 g/mol. The van der Waals surface area contributed by atoms with Crippen molar-refractivity contribution in [2.24, 2.45) is 0 Å². The molecule has 1 aromatic heterocycles. The highest BCUT2D eigenvalue weighted by Gasteiger charge is 2.01. The van der Waals surface area contributed by atoms with E-state index in [4.69, 9.17) is 10.8 Å². The Balaban J connectivity index is 2.31. The smallest absolute Gasteiger partial charge is 0.117 e. The minimum atomic E-state index is 0.148. The van der Waals surface area contributed by atoms with E-state index in [1.54, 1.807) is 6.26 Å². The second-order valence-electron chi connectivity index (χ2n) is 2.59. The van der Waals surface area contributed by atoms with Crippen LogP contribution in [0.5, 0.6) is 0 Å². The molecule has 1 aromatic rings. The average Bonchev–Trinajstić information content (AvgIpc) is 2.59. The molecule has 1 N–H and O–H groups in total. The van der Waals surface area contributed by atoms with Gasteiger partial charge in [-0.1, -0.05) is 12.8 Å². The van der Waals surface area contributed by atoms with Gasteiger partial charge in [-0.25, -0.2) is 0 Å². The van der Waals surface area contributed by atoms with Crippen molar-refractivity contribution in [3.05, 3.63) is 24.2 Å². The first-order valence-electron chi connectivity index (χ1n) is 4.08. The maximum absolute atomic E-state index is 5.28. The van der Waals surface area contributed by atoms with E-state index in [0.717, 1.165) is 12.2 Å². The van der Waals surface area contributed by atoms with Crippen molar-refractivity contribution in [2.75, 3.05) is 0 Å². The number of nitrogens with one attached hydrogen (secondary N) is 1. The molecule has 0 fully saturated rings. The molecule has 1 atom stereocenters. The summed E-state index contributed by atoms with van der Waals surface area (Å²) in [7, 11) is 0. The third kappa shape index (κ3) is 2.44. The first-order chi connectivity index (χ1) is 5.86. The Morgan fingerprint density at radius 3 is 3.08 bits per heavy atom. The molecule has 12 heavy (non-hydrogen) atoms. The maximum Gasteiger partial charge on any atom is 0.117 e. The first kappa shape index (κ1) is 8.89. The Morgan fingerprint density at radius 2 is 2.58 bits per heavy atom. The van der Waals surface area contributed by atoms with Gasteiger partial charge in [0.25, 0.3) is 0 Å². The number of furan rings is 1. The number of hydrogen-bond acceptors (Lipinski definition) is 2. The van der Waals surface area contributed by atoms with Crippen molar-refractivity contribution in [3.63, 3.8) is 0 Å². The van der Waals surface area contributed by atoms with E-state index in [1.165, 1.54) is 0 Å². The molecule has 0 aliphatic rings. The Kier molecular flexibility index (Phi) is 3.43. The molecule has 1 unspecified atom stereocenters. The van der Waals surface area contributed by atoms with Crippen LogP contribution in [0.4, 0.5) is 0 Å². The normalized spacial score (nSPS) is 12.3. The van der Waals surface area contributed by atoms with Crippen molar-refractivity contribution >= 4 is 0 Å². The summed E-state index contributed by atoms with van der Waals surface area (Å²) in [4.78, 5) is 0. The number of rotatable bonds is 4. The minimum Gasteiger partial charge on any atom is -0.468 e. The van der Waals surface area contributed by atoms with Crippen molar-refractivity contribution < 1.29 is 4.42 Å². The highest BCUT2D eigenvalue weighted by molar-refractivity contribution is 5.02. The van der Waals surface area contributed by atoms with Crippen molar-refractivity contribution in [2.45, 2.75) is 25.9 Å². The summed E-state index contributed by atoms with van der Waals surface area (Å²) >= 11 is 0. The Labute approximate surface area is 73.0 Å². The summed E-state index contributed by atoms with van der Waals surface area (Å²) in [5.74, 6) is 3.58. The van der Waals surface area contributed by atoms with Gasteiger partial charge < -0.3 is 4.42 Å². The van der Waals surface area contributed by atoms with Crippen LogP contribution >= 0.6 is 0 Å². The third-order valence-corrected chi connectivity index (χ3v) is 1.71. The van der Waals surface area contributed by atoms with Crippen LogP contribution in [-0.4, -0.2) is 6.04 Å². The zero-order valence-electron chi connectivity index (χ0n) is 7.21. The maximum atomic E-state index is 5.28. The van der Waals surface area contributed by atoms with Crippen LogP contribution in [0.25, 0.3) is 0 Å². The summed E-state index contributed by atoms with van der Waals surface area (Å²) < 4.78 is 5.14. The molecule has 0 aromatic carbocycles. The van der Waals surface area contributed by atoms with E-state index in [1.807, 2.05) is 12.1 Å². The molecule has 0 aliphatic heterocycles. The highest BCUT2D eigenvalue weighted by Crippen LogP contribution is 1.99. The summed E-state index contributed by atoms with van der Waals surface area (Å²) in [5.41, 5.74) is 0. The molecule has 0 aliphatic carbocycles. The Hall–Kier alpha value is -1.20. The number of hydrogen-bond donors (Lipinski definition) is 1. The van der Waals surface area contributed by atoms with Crippen molar-refractivity contribution in [3.8, 4) is 12.3 Å². The quantitative estimate of drug-likeness (QED) is 0.684. The van der Waals surface area contributed by atoms with E-state index < -0.39 is 0 Å². The molecule has 2 heteroatoms. The van der Waals surface area contributed by atoms with E-state index in [0.29, 0.717) is 6.54 Å². The van der Waals surface area contributed by atoms with Gasteiger partial charge in [-0.05, 0) is 18.6 Å². The zero-order chi connectivity index (χ0) is 8.81. The molecule has 1 heterocycles. The fourth-order valence-corrected chi connectivity index (χ4v) is 0.958. The molecular formula is C10H13NO. The van der Waals surface area contributed by atoms with Gasteiger partial charge >= 0.3 is 0 Å². The van der Waals surface area contributed by atoms with E-state index >= 15 is 0 Å². The molecule has 1 rings (SSSR count). The third-order valence-electron chi connectivity index (χ3n) is 1.71. The predicted molar refractivity (Wildman–Crippen MR) is 48.5 cm³/mol. The van der Waals surface area contributed by atoms with Crippen LogP contribution in [-0.2, 0) is 6.54 Å². The van der Waals surface area contributed by atoms with Gasteiger partial charge in [0, 0.05) is 0 Å². The molecule has 0 amide bonds. The molecule has 0 saturated heterocycles. The van der Waals surface area contributed by atoms with Crippen LogP contribution in [0.3, 0.4) is 0 Å². The van der Waals surface area contributed by atoms with Gasteiger partial charge in [0.15, 0.2) is 0 Å². The van der Waals surface area contributed by atoms with Gasteiger partial charge in [-0.3, -0.25) is 5.32 Å². The SMILES string of the molecule is C#CC(CC)NCc1ccco1. The second-order valence-corrected chi connectivity index (χ2v) is 2.59. The van der Waals surface area contributed by atoms with E-state index in [2.05, 4.69) is 18.2 Å². The van der Waals surface area contributed by atoms with Crippen LogP contribution < -0.4 is 5.32 Å². The highest BCUT2D eigenvalue weighted by atomic mass is 16.3. The fraction of sp³-hybridized carbons (Fsp3) is 0.400. The molecule has 0 bridgehead atoms. The lowest BCUT2D eigenvalue weighted by atomic mass is 10.2. The largest absolute Gasteiger partial charge is 0.468 e. The van der Waals surface area contributed by atoms with Crippen molar-refractivity contribution in [1.29, 1.82) is 0 Å². The van der Waals surface area contributed by atoms with Gasteiger partial charge in [0.05, 0.1) is 18.8 Å². The molecule has 0 spiro atoms. The summed E-state index contributed by atoms with van der Waals surface area (Å²) in [6, 6.07) is 3.94. The lowest BCUT2D eigenvalue weighted by Crippen LogP contribution is -2.25. The van der Waals surface area contributed by atoms with Gasteiger partial charge in [-0.2, -0.15) is 0 Å². The summed E-state index contributed by atoms with van der Waals surface area (Å²) in [5, 5.41) is 3.19. The van der Waals surface area contributed by atoms with Gasteiger partial charge in [0.2, 0.25) is 0 Å². The predicted octanol–water partition coefficient (Wildman–Crippen LogP) is 1.78. The topological polar surface area (TPSA) is 25.2 Å². The number of terminal acetylenes is 1. The Bertz CT molecular complexity index is 245. The molecule has 64 valence electrons. The van der Waals surface area contributed by atoms with Crippen molar-refractivity contribution in [1.82, 2.24) is 5.32 Å². The van der Waals surface area contributed by atoms with E-state index in [-0.39, 0.29) is 6.04 Å². The van der Waals surface area contributed by atoms with Gasteiger partial charge in [0.1, 0.15) is 5.76 Å². The fourth-order valence-electron chi connectivity index (χ4n) is 0.958. The molecule has 2 nitrogen and oxygen atoms in total. The average molecular weight is 163 g/mol. The minimum absolute atomic E-state index is 0.148.